The summed E-state index contributed by atoms with van der Waals surface area (Å²) in [5.74, 6) is 0.979. The van der Waals surface area contributed by atoms with Crippen molar-refractivity contribution in [3.05, 3.63) is 53.6 Å². The molecule has 0 N–H and O–H groups in total. The van der Waals surface area contributed by atoms with Gasteiger partial charge in [-0.15, -0.1) is 0 Å². The second-order valence-corrected chi connectivity index (χ2v) is 6.19. The molecule has 0 bridgehead atoms. The van der Waals surface area contributed by atoms with Gasteiger partial charge in [-0.05, 0) is 62.2 Å². The Morgan fingerprint density at radius 2 is 1.67 bits per heavy atom. The molecule has 4 nitrogen and oxygen atoms in total. The standard InChI is InChI=1S/C16H18O4S/c1-4-19-14-8-10-15(11-9-14)21(17,18)20-16-7-5-6-12(2)13(16)3/h5-11H,4H2,1-3H3. The molecule has 2 aromatic carbocycles. The van der Waals surface area contributed by atoms with Gasteiger partial charge in [-0.1, -0.05) is 12.1 Å². The van der Waals surface area contributed by atoms with E-state index in [2.05, 4.69) is 0 Å². The Bertz CT molecular complexity index is 718. The van der Waals surface area contributed by atoms with Crippen LogP contribution in [0.25, 0.3) is 0 Å². The second kappa shape index (κ2) is 6.18. The molecule has 0 amide bonds. The first kappa shape index (κ1) is 15.4. The Kier molecular flexibility index (Phi) is 4.53. The Morgan fingerprint density at radius 1 is 1.00 bits per heavy atom. The third kappa shape index (κ3) is 3.55. The van der Waals surface area contributed by atoms with E-state index in [0.29, 0.717) is 18.1 Å². The van der Waals surface area contributed by atoms with Crippen molar-refractivity contribution in [3.8, 4) is 11.5 Å². The van der Waals surface area contributed by atoms with Crippen molar-refractivity contribution in [1.82, 2.24) is 0 Å². The lowest BCUT2D eigenvalue weighted by Crippen LogP contribution is -2.10. The molecule has 2 aromatic rings. The van der Waals surface area contributed by atoms with Gasteiger partial charge in [0.25, 0.3) is 0 Å². The molecule has 2 rings (SSSR count). The maximum Gasteiger partial charge on any atom is 0.339 e. The first-order valence-electron chi connectivity index (χ1n) is 6.67. The zero-order valence-corrected chi connectivity index (χ0v) is 13.1. The summed E-state index contributed by atoms with van der Waals surface area (Å²) in [6.07, 6.45) is 0. The van der Waals surface area contributed by atoms with Crippen molar-refractivity contribution in [2.45, 2.75) is 25.7 Å². The van der Waals surface area contributed by atoms with Gasteiger partial charge in [0.15, 0.2) is 0 Å². The van der Waals surface area contributed by atoms with Crippen molar-refractivity contribution in [3.63, 3.8) is 0 Å². The number of hydrogen-bond acceptors (Lipinski definition) is 4. The van der Waals surface area contributed by atoms with E-state index in [1.165, 1.54) is 12.1 Å². The Morgan fingerprint density at radius 3 is 2.29 bits per heavy atom. The number of ether oxygens (including phenoxy) is 1. The molecule has 0 aromatic heterocycles. The molecule has 0 radical (unpaired) electrons. The fourth-order valence-corrected chi connectivity index (χ4v) is 2.83. The summed E-state index contributed by atoms with van der Waals surface area (Å²) >= 11 is 0. The fraction of sp³-hybridized carbons (Fsp3) is 0.250. The monoisotopic (exact) mass is 306 g/mol. The van der Waals surface area contributed by atoms with Gasteiger partial charge in [0.05, 0.1) is 6.61 Å². The summed E-state index contributed by atoms with van der Waals surface area (Å²) in [5, 5.41) is 0. The van der Waals surface area contributed by atoms with Crippen LogP contribution in [-0.2, 0) is 10.1 Å². The van der Waals surface area contributed by atoms with Crippen LogP contribution in [0.4, 0.5) is 0 Å². The summed E-state index contributed by atoms with van der Waals surface area (Å²) in [5.41, 5.74) is 1.79. The zero-order valence-electron chi connectivity index (χ0n) is 12.3. The first-order chi connectivity index (χ1) is 9.94. The van der Waals surface area contributed by atoms with Gasteiger partial charge in [0.1, 0.15) is 16.4 Å². The maximum absolute atomic E-state index is 12.3. The number of aryl methyl sites for hydroxylation is 1. The van der Waals surface area contributed by atoms with Gasteiger partial charge in [0, 0.05) is 0 Å². The topological polar surface area (TPSA) is 52.6 Å². The molecule has 5 heteroatoms. The lowest BCUT2D eigenvalue weighted by molar-refractivity contribution is 0.340. The molecule has 0 saturated heterocycles. The van der Waals surface area contributed by atoms with Gasteiger partial charge in [-0.2, -0.15) is 8.42 Å². The van der Waals surface area contributed by atoms with Crippen LogP contribution in [0.5, 0.6) is 11.5 Å². The molecule has 0 unspecified atom stereocenters. The van der Waals surface area contributed by atoms with Gasteiger partial charge < -0.3 is 8.92 Å². The molecule has 0 heterocycles. The predicted molar refractivity (Wildman–Crippen MR) is 81.3 cm³/mol. The average Bonchev–Trinajstić information content (AvgIpc) is 2.45. The van der Waals surface area contributed by atoms with E-state index in [-0.39, 0.29) is 4.90 Å². The van der Waals surface area contributed by atoms with E-state index in [9.17, 15) is 8.42 Å². The van der Waals surface area contributed by atoms with E-state index in [4.69, 9.17) is 8.92 Å². The van der Waals surface area contributed by atoms with Gasteiger partial charge in [0.2, 0.25) is 0 Å². The smallest absolute Gasteiger partial charge is 0.339 e. The Balaban J connectivity index is 2.27. The minimum absolute atomic E-state index is 0.104. The highest BCUT2D eigenvalue weighted by Gasteiger charge is 2.18. The number of hydrogen-bond donors (Lipinski definition) is 0. The summed E-state index contributed by atoms with van der Waals surface area (Å²) < 4.78 is 35.1. The molecular weight excluding hydrogens is 288 g/mol. The Labute approximate surface area is 125 Å². The van der Waals surface area contributed by atoms with Crippen molar-refractivity contribution < 1.29 is 17.3 Å². The van der Waals surface area contributed by atoms with E-state index in [0.717, 1.165) is 11.1 Å². The SMILES string of the molecule is CCOc1ccc(S(=O)(=O)Oc2cccc(C)c2C)cc1. The highest BCUT2D eigenvalue weighted by atomic mass is 32.2. The second-order valence-electron chi connectivity index (χ2n) is 4.64. The van der Waals surface area contributed by atoms with Crippen LogP contribution in [0.1, 0.15) is 18.1 Å². The van der Waals surface area contributed by atoms with Gasteiger partial charge in [-0.3, -0.25) is 0 Å². The lowest BCUT2D eigenvalue weighted by atomic mass is 10.1. The number of rotatable bonds is 5. The van der Waals surface area contributed by atoms with Crippen LogP contribution >= 0.6 is 0 Å². The van der Waals surface area contributed by atoms with E-state index < -0.39 is 10.1 Å². The molecule has 0 aliphatic heterocycles. The molecule has 0 aliphatic rings. The van der Waals surface area contributed by atoms with E-state index >= 15 is 0 Å². The third-order valence-electron chi connectivity index (χ3n) is 3.18. The van der Waals surface area contributed by atoms with Crippen LogP contribution in [0.15, 0.2) is 47.4 Å². The lowest BCUT2D eigenvalue weighted by Gasteiger charge is -2.11. The highest BCUT2D eigenvalue weighted by Crippen LogP contribution is 2.25. The summed E-state index contributed by atoms with van der Waals surface area (Å²) in [6.45, 7) is 6.14. The Hall–Kier alpha value is -2.01. The molecule has 0 fully saturated rings. The maximum atomic E-state index is 12.3. The third-order valence-corrected chi connectivity index (χ3v) is 4.43. The van der Waals surface area contributed by atoms with E-state index in [1.807, 2.05) is 26.8 Å². The number of benzene rings is 2. The average molecular weight is 306 g/mol. The molecule has 0 spiro atoms. The van der Waals surface area contributed by atoms with E-state index in [1.54, 1.807) is 24.3 Å². The van der Waals surface area contributed by atoms with Crippen LogP contribution in [0.2, 0.25) is 0 Å². The van der Waals surface area contributed by atoms with Crippen molar-refractivity contribution in [1.29, 1.82) is 0 Å². The molecular formula is C16H18O4S. The van der Waals surface area contributed by atoms with Crippen LogP contribution in [0.3, 0.4) is 0 Å². The first-order valence-corrected chi connectivity index (χ1v) is 8.08. The summed E-state index contributed by atoms with van der Waals surface area (Å²) in [7, 11) is -3.84. The summed E-state index contributed by atoms with van der Waals surface area (Å²) in [4.78, 5) is 0.104. The van der Waals surface area contributed by atoms with Crippen LogP contribution in [0, 0.1) is 13.8 Å². The zero-order chi connectivity index (χ0) is 15.5. The highest BCUT2D eigenvalue weighted by molar-refractivity contribution is 7.87. The predicted octanol–water partition coefficient (Wildman–Crippen LogP) is 3.47. The van der Waals surface area contributed by atoms with Gasteiger partial charge in [-0.25, -0.2) is 0 Å². The van der Waals surface area contributed by atoms with Crippen molar-refractivity contribution >= 4 is 10.1 Å². The molecule has 0 aliphatic carbocycles. The molecule has 0 saturated carbocycles. The quantitative estimate of drug-likeness (QED) is 0.794. The fourth-order valence-electron chi connectivity index (χ4n) is 1.85. The largest absolute Gasteiger partial charge is 0.494 e. The van der Waals surface area contributed by atoms with Gasteiger partial charge >= 0.3 is 10.1 Å². The van der Waals surface area contributed by atoms with Crippen LogP contribution in [-0.4, -0.2) is 15.0 Å². The molecule has 0 atom stereocenters. The van der Waals surface area contributed by atoms with Crippen molar-refractivity contribution in [2.75, 3.05) is 6.61 Å². The normalized spacial score (nSPS) is 11.2. The summed E-state index contributed by atoms with van der Waals surface area (Å²) in [6, 6.07) is 11.5. The van der Waals surface area contributed by atoms with Crippen LogP contribution < -0.4 is 8.92 Å². The molecule has 112 valence electrons. The van der Waals surface area contributed by atoms with Crippen molar-refractivity contribution in [2.24, 2.45) is 0 Å². The minimum atomic E-state index is -3.84. The molecule has 21 heavy (non-hydrogen) atoms. The minimum Gasteiger partial charge on any atom is -0.494 e.